The number of nitrogens with zero attached hydrogens (tertiary/aromatic N) is 1. The van der Waals surface area contributed by atoms with E-state index in [0.29, 0.717) is 24.2 Å². The van der Waals surface area contributed by atoms with Crippen LogP contribution in [-0.2, 0) is 9.31 Å². The number of rotatable bonds is 4. The lowest BCUT2D eigenvalue weighted by Gasteiger charge is -2.32. The van der Waals surface area contributed by atoms with E-state index in [1.807, 2.05) is 32.6 Å². The lowest BCUT2D eigenvalue weighted by Crippen LogP contribution is -2.41. The number of halogens is 2. The van der Waals surface area contributed by atoms with Crippen LogP contribution < -0.4 is 0 Å². The third kappa shape index (κ3) is 4.42. The number of aliphatic hydroxyl groups is 1. The maximum absolute atomic E-state index is 15.5. The van der Waals surface area contributed by atoms with E-state index >= 15 is 4.39 Å². The number of aliphatic hydroxyl groups excluding tert-OH is 1. The maximum Gasteiger partial charge on any atom is 0.525 e. The Morgan fingerprint density at radius 3 is 2.33 bits per heavy atom. The van der Waals surface area contributed by atoms with Gasteiger partial charge in [-0.2, -0.15) is 0 Å². The van der Waals surface area contributed by atoms with Crippen molar-refractivity contribution in [1.82, 2.24) is 4.90 Å². The summed E-state index contributed by atoms with van der Waals surface area (Å²) in [6.07, 6.45) is 1.20. The summed E-state index contributed by atoms with van der Waals surface area (Å²) in [6, 6.07) is 5.77. The SMILES string of the molecule is CC1(C)OB(C(F)=C(CN2CCCC(O)C2)c2ccc(F)cc2)OC1(C)C. The van der Waals surface area contributed by atoms with Gasteiger partial charge in [-0.15, -0.1) is 0 Å². The van der Waals surface area contributed by atoms with Gasteiger partial charge in [0.1, 0.15) is 11.5 Å². The molecule has 1 unspecified atom stereocenters. The molecule has 2 heterocycles. The van der Waals surface area contributed by atoms with Crippen LogP contribution in [0.2, 0.25) is 0 Å². The molecule has 0 aromatic heterocycles. The van der Waals surface area contributed by atoms with Gasteiger partial charge in [0.15, 0.2) is 0 Å². The molecule has 1 atom stereocenters. The molecule has 148 valence electrons. The highest BCUT2D eigenvalue weighted by Gasteiger charge is 2.53. The summed E-state index contributed by atoms with van der Waals surface area (Å²) in [5, 5.41) is 9.94. The summed E-state index contributed by atoms with van der Waals surface area (Å²) in [4.78, 5) is 2.01. The van der Waals surface area contributed by atoms with Crippen molar-refractivity contribution in [1.29, 1.82) is 0 Å². The fourth-order valence-electron chi connectivity index (χ4n) is 3.44. The highest BCUT2D eigenvalue weighted by Crippen LogP contribution is 2.40. The molecule has 1 N–H and O–H groups in total. The summed E-state index contributed by atoms with van der Waals surface area (Å²) in [6.45, 7) is 9.06. The van der Waals surface area contributed by atoms with Gasteiger partial charge in [-0.1, -0.05) is 12.1 Å². The van der Waals surface area contributed by atoms with Crippen LogP contribution in [0.4, 0.5) is 8.78 Å². The van der Waals surface area contributed by atoms with E-state index in [1.54, 1.807) is 12.1 Å². The molecular weight excluding hydrogens is 351 g/mol. The molecule has 1 aromatic rings. The molecule has 0 bridgehead atoms. The minimum atomic E-state index is -1.11. The Bertz CT molecular complexity index is 690. The van der Waals surface area contributed by atoms with Crippen molar-refractivity contribution in [3.63, 3.8) is 0 Å². The quantitative estimate of drug-likeness (QED) is 0.812. The summed E-state index contributed by atoms with van der Waals surface area (Å²) in [5.41, 5.74) is -0.805. The molecule has 2 aliphatic rings. The molecule has 2 aliphatic heterocycles. The van der Waals surface area contributed by atoms with Gasteiger partial charge in [-0.25, -0.2) is 8.78 Å². The third-order valence-electron chi connectivity index (χ3n) is 5.80. The van der Waals surface area contributed by atoms with E-state index < -0.39 is 30.2 Å². The van der Waals surface area contributed by atoms with Crippen molar-refractivity contribution in [3.8, 4) is 0 Å². The van der Waals surface area contributed by atoms with Gasteiger partial charge in [0.05, 0.1) is 17.3 Å². The molecule has 4 nitrogen and oxygen atoms in total. The number of hydrogen-bond acceptors (Lipinski definition) is 4. The summed E-state index contributed by atoms with van der Waals surface area (Å²) in [7, 11) is -1.11. The predicted molar refractivity (Wildman–Crippen MR) is 102 cm³/mol. The highest BCUT2D eigenvalue weighted by molar-refractivity contribution is 6.55. The Morgan fingerprint density at radius 1 is 1.19 bits per heavy atom. The van der Waals surface area contributed by atoms with E-state index in [1.165, 1.54) is 12.1 Å². The first-order chi connectivity index (χ1) is 12.6. The molecule has 27 heavy (non-hydrogen) atoms. The summed E-state index contributed by atoms with van der Waals surface area (Å²) >= 11 is 0. The first-order valence-electron chi connectivity index (χ1n) is 9.49. The number of benzene rings is 1. The van der Waals surface area contributed by atoms with Crippen LogP contribution >= 0.6 is 0 Å². The smallest absolute Gasteiger partial charge is 0.398 e. The molecule has 2 fully saturated rings. The van der Waals surface area contributed by atoms with E-state index in [2.05, 4.69) is 0 Å². The standard InChI is InChI=1S/C20H28BF2NO3/c1-19(2)20(3,4)27-21(26-19)18(23)17(14-7-9-15(22)10-8-14)13-24-11-5-6-16(25)12-24/h7-10,16,25H,5-6,11-13H2,1-4H3. The van der Waals surface area contributed by atoms with Gasteiger partial charge < -0.3 is 14.4 Å². The lowest BCUT2D eigenvalue weighted by atomic mass is 9.82. The van der Waals surface area contributed by atoms with Gasteiger partial charge in [0.25, 0.3) is 0 Å². The van der Waals surface area contributed by atoms with Crippen molar-refractivity contribution < 1.29 is 23.2 Å². The second-order valence-corrected chi connectivity index (χ2v) is 8.45. The molecular formula is C20H28BF2NO3. The van der Waals surface area contributed by atoms with Crippen molar-refractivity contribution in [2.45, 2.75) is 57.8 Å². The first kappa shape index (κ1) is 20.5. The Balaban J connectivity index is 1.93. The van der Waals surface area contributed by atoms with Crippen LogP contribution in [0.5, 0.6) is 0 Å². The second kappa shape index (κ2) is 7.62. The number of likely N-dealkylation sites (tertiary alicyclic amines) is 1. The van der Waals surface area contributed by atoms with Crippen LogP contribution in [-0.4, -0.2) is 54.1 Å². The van der Waals surface area contributed by atoms with Crippen molar-refractivity contribution in [2.75, 3.05) is 19.6 Å². The Kier molecular flexibility index (Phi) is 5.78. The van der Waals surface area contributed by atoms with E-state index in [0.717, 1.165) is 19.4 Å². The maximum atomic E-state index is 15.5. The Morgan fingerprint density at radius 2 is 1.78 bits per heavy atom. The fourth-order valence-corrected chi connectivity index (χ4v) is 3.44. The highest BCUT2D eigenvalue weighted by atomic mass is 19.1. The molecule has 0 saturated carbocycles. The van der Waals surface area contributed by atoms with Crippen LogP contribution in [0.3, 0.4) is 0 Å². The summed E-state index contributed by atoms with van der Waals surface area (Å²) in [5.74, 6) is -0.373. The zero-order valence-electron chi connectivity index (χ0n) is 16.5. The largest absolute Gasteiger partial charge is 0.525 e. The predicted octanol–water partition coefficient (Wildman–Crippen LogP) is 3.59. The molecule has 0 amide bonds. The van der Waals surface area contributed by atoms with Gasteiger partial charge in [0, 0.05) is 18.7 Å². The van der Waals surface area contributed by atoms with Crippen molar-refractivity contribution >= 4 is 12.7 Å². The third-order valence-corrected chi connectivity index (χ3v) is 5.80. The average molecular weight is 379 g/mol. The van der Waals surface area contributed by atoms with Gasteiger partial charge >= 0.3 is 7.12 Å². The molecule has 0 aliphatic carbocycles. The topological polar surface area (TPSA) is 41.9 Å². The number of hydrogen-bond donors (Lipinski definition) is 1. The zero-order valence-corrected chi connectivity index (χ0v) is 16.5. The van der Waals surface area contributed by atoms with Crippen LogP contribution in [0.15, 0.2) is 30.0 Å². The second-order valence-electron chi connectivity index (χ2n) is 8.45. The summed E-state index contributed by atoms with van der Waals surface area (Å²) < 4.78 is 40.6. The first-order valence-corrected chi connectivity index (χ1v) is 9.49. The normalized spacial score (nSPS) is 26.2. The van der Waals surface area contributed by atoms with Crippen LogP contribution in [0.1, 0.15) is 46.1 Å². The van der Waals surface area contributed by atoms with E-state index in [9.17, 15) is 9.50 Å². The zero-order chi connectivity index (χ0) is 19.8. The molecule has 0 radical (unpaired) electrons. The Hall–Kier alpha value is -1.28. The number of β-amino-alcohol motifs (C(OH)–C–C–N with tert-alkyl or cyclic N) is 1. The van der Waals surface area contributed by atoms with Crippen LogP contribution in [0.25, 0.3) is 5.57 Å². The number of piperidine rings is 1. The average Bonchev–Trinajstić information content (AvgIpc) is 2.81. The van der Waals surface area contributed by atoms with Crippen molar-refractivity contribution in [3.05, 3.63) is 41.4 Å². The lowest BCUT2D eigenvalue weighted by molar-refractivity contribution is 0.00578. The minimum absolute atomic E-state index is 0.304. The molecule has 0 spiro atoms. The van der Waals surface area contributed by atoms with Gasteiger partial charge in [-0.05, 0) is 64.8 Å². The van der Waals surface area contributed by atoms with E-state index in [4.69, 9.17) is 9.31 Å². The molecule has 7 heteroatoms. The molecule has 1 aromatic carbocycles. The molecule has 2 saturated heterocycles. The minimum Gasteiger partial charge on any atom is -0.398 e. The Labute approximate surface area is 160 Å². The van der Waals surface area contributed by atoms with Crippen LogP contribution in [0, 0.1) is 5.82 Å². The molecule has 3 rings (SSSR count). The van der Waals surface area contributed by atoms with Crippen molar-refractivity contribution in [2.24, 2.45) is 0 Å². The monoisotopic (exact) mass is 379 g/mol. The fraction of sp³-hybridized carbons (Fsp3) is 0.600. The van der Waals surface area contributed by atoms with Gasteiger partial charge in [0.2, 0.25) is 0 Å². The van der Waals surface area contributed by atoms with Gasteiger partial charge in [-0.3, -0.25) is 4.90 Å². The van der Waals surface area contributed by atoms with E-state index in [-0.39, 0.29) is 5.82 Å².